The summed E-state index contributed by atoms with van der Waals surface area (Å²) >= 11 is 0. The van der Waals surface area contributed by atoms with Crippen LogP contribution in [0.15, 0.2) is 53.4 Å². The summed E-state index contributed by atoms with van der Waals surface area (Å²) in [5.74, 6) is -1.59. The number of ether oxygens (including phenoxy) is 2. The second-order valence-electron chi connectivity index (χ2n) is 7.55. The lowest BCUT2D eigenvalue weighted by Gasteiger charge is -2.30. The lowest BCUT2D eigenvalue weighted by molar-refractivity contribution is -0.128. The van der Waals surface area contributed by atoms with Crippen molar-refractivity contribution in [2.24, 2.45) is 5.14 Å². The molecule has 1 aliphatic rings. The van der Waals surface area contributed by atoms with E-state index in [1.54, 1.807) is 18.2 Å². The summed E-state index contributed by atoms with van der Waals surface area (Å²) in [6, 6.07) is 10.8. The zero-order chi connectivity index (χ0) is 24.3. The number of imide groups is 1. The Morgan fingerprint density at radius 3 is 2.33 bits per heavy atom. The monoisotopic (exact) mass is 475 g/mol. The second-order valence-corrected chi connectivity index (χ2v) is 9.12. The van der Waals surface area contributed by atoms with Gasteiger partial charge in [-0.15, -0.1) is 0 Å². The number of rotatable bonds is 8. The molecule has 1 heterocycles. The third-order valence-corrected chi connectivity index (χ3v) is 6.25. The first-order chi connectivity index (χ1) is 15.6. The zero-order valence-corrected chi connectivity index (χ0v) is 19.2. The molecule has 2 aromatic rings. The molecule has 0 aliphatic carbocycles. The number of sulfonamides is 1. The summed E-state index contributed by atoms with van der Waals surface area (Å²) in [6.45, 7) is 1.76. The van der Waals surface area contributed by atoms with Crippen molar-refractivity contribution in [2.45, 2.75) is 30.6 Å². The Bertz CT molecular complexity index is 1160. The first-order valence-corrected chi connectivity index (χ1v) is 11.5. The summed E-state index contributed by atoms with van der Waals surface area (Å²) in [5.41, 5.74) is 1.40. The number of aryl methyl sites for hydroxylation is 1. The molecule has 1 unspecified atom stereocenters. The molecule has 1 atom stereocenters. The molecule has 3 amide bonds. The highest BCUT2D eigenvalue weighted by Gasteiger charge is 2.45. The minimum absolute atomic E-state index is 0.0817. The predicted octanol–water partition coefficient (Wildman–Crippen LogP) is 1.04. The maximum Gasteiger partial charge on any atom is 0.257 e. The smallest absolute Gasteiger partial charge is 0.257 e. The van der Waals surface area contributed by atoms with Crippen molar-refractivity contribution in [3.63, 3.8) is 0 Å². The zero-order valence-electron chi connectivity index (χ0n) is 18.4. The van der Waals surface area contributed by atoms with E-state index in [1.165, 1.54) is 43.4 Å². The van der Waals surface area contributed by atoms with Gasteiger partial charge in [0.25, 0.3) is 11.8 Å². The molecule has 1 saturated heterocycles. The Kier molecular flexibility index (Phi) is 7.28. The minimum Gasteiger partial charge on any atom is -0.354 e. The van der Waals surface area contributed by atoms with Gasteiger partial charge < -0.3 is 14.4 Å². The number of carbonyl (C=O) groups excluding carboxylic acids is 3. The van der Waals surface area contributed by atoms with Gasteiger partial charge in [0.15, 0.2) is 6.29 Å². The second kappa shape index (κ2) is 9.79. The SMILES string of the molecule is COC(CN(C(=O)c1cccc(C)c1)C1CC(=O)N(c2ccc(S(N)(=O)=O)cc2)C1=O)OC. The maximum absolute atomic E-state index is 13.4. The van der Waals surface area contributed by atoms with Gasteiger partial charge in [0.1, 0.15) is 6.04 Å². The van der Waals surface area contributed by atoms with E-state index in [0.29, 0.717) is 5.56 Å². The van der Waals surface area contributed by atoms with Crippen molar-refractivity contribution in [3.05, 3.63) is 59.7 Å². The van der Waals surface area contributed by atoms with Crippen molar-refractivity contribution in [1.29, 1.82) is 0 Å². The summed E-state index contributed by atoms with van der Waals surface area (Å²) in [6.07, 6.45) is -1.06. The predicted molar refractivity (Wildman–Crippen MR) is 119 cm³/mol. The largest absolute Gasteiger partial charge is 0.354 e. The third kappa shape index (κ3) is 5.28. The van der Waals surface area contributed by atoms with Crippen LogP contribution in [0.2, 0.25) is 0 Å². The Morgan fingerprint density at radius 2 is 1.79 bits per heavy atom. The van der Waals surface area contributed by atoms with Crippen LogP contribution in [0, 0.1) is 6.92 Å². The number of amides is 3. The molecule has 2 aromatic carbocycles. The minimum atomic E-state index is -3.93. The van der Waals surface area contributed by atoms with Gasteiger partial charge in [0, 0.05) is 19.8 Å². The maximum atomic E-state index is 13.4. The topological polar surface area (TPSA) is 136 Å². The first kappa shape index (κ1) is 24.5. The number of primary sulfonamides is 1. The number of nitrogens with zero attached hydrogens (tertiary/aromatic N) is 2. The molecule has 1 aliphatic heterocycles. The quantitative estimate of drug-likeness (QED) is 0.445. The van der Waals surface area contributed by atoms with Crippen molar-refractivity contribution in [2.75, 3.05) is 25.7 Å². The summed E-state index contributed by atoms with van der Waals surface area (Å²) in [5, 5.41) is 5.11. The van der Waals surface area contributed by atoms with E-state index in [2.05, 4.69) is 0 Å². The van der Waals surface area contributed by atoms with Crippen molar-refractivity contribution >= 4 is 33.4 Å². The molecule has 0 radical (unpaired) electrons. The van der Waals surface area contributed by atoms with Crippen LogP contribution in [-0.4, -0.2) is 64.1 Å². The standard InChI is InChI=1S/C22H25N3O7S/c1-14-5-4-6-15(11-14)21(27)24(13-20(31-2)32-3)18-12-19(26)25(22(18)28)16-7-9-17(10-8-16)33(23,29)30/h4-11,18,20H,12-13H2,1-3H3,(H2,23,29,30). The molecule has 0 spiro atoms. The Morgan fingerprint density at radius 1 is 1.15 bits per heavy atom. The van der Waals surface area contributed by atoms with Crippen LogP contribution in [0.1, 0.15) is 22.3 Å². The van der Waals surface area contributed by atoms with Crippen LogP contribution in [0.25, 0.3) is 0 Å². The van der Waals surface area contributed by atoms with Crippen molar-refractivity contribution < 1.29 is 32.3 Å². The number of hydrogen-bond acceptors (Lipinski definition) is 7. The van der Waals surface area contributed by atoms with Crippen LogP contribution >= 0.6 is 0 Å². The van der Waals surface area contributed by atoms with Gasteiger partial charge in [0.2, 0.25) is 15.9 Å². The van der Waals surface area contributed by atoms with E-state index in [0.717, 1.165) is 10.5 Å². The fourth-order valence-corrected chi connectivity index (χ4v) is 4.13. The number of benzene rings is 2. The van der Waals surface area contributed by atoms with E-state index in [4.69, 9.17) is 14.6 Å². The van der Waals surface area contributed by atoms with Gasteiger partial charge in [-0.25, -0.2) is 18.5 Å². The molecule has 176 valence electrons. The molecular formula is C22H25N3O7S. The average molecular weight is 476 g/mol. The highest BCUT2D eigenvalue weighted by atomic mass is 32.2. The highest BCUT2D eigenvalue weighted by molar-refractivity contribution is 7.89. The van der Waals surface area contributed by atoms with Crippen molar-refractivity contribution in [1.82, 2.24) is 4.90 Å². The molecule has 11 heteroatoms. The molecule has 2 N–H and O–H groups in total. The van der Waals surface area contributed by atoms with Crippen LogP contribution in [0.3, 0.4) is 0 Å². The van der Waals surface area contributed by atoms with E-state index in [-0.39, 0.29) is 23.5 Å². The fraction of sp³-hybridized carbons (Fsp3) is 0.318. The molecule has 3 rings (SSSR count). The Balaban J connectivity index is 1.94. The molecule has 33 heavy (non-hydrogen) atoms. The van der Waals surface area contributed by atoms with E-state index >= 15 is 0 Å². The Hall–Kier alpha value is -3.12. The molecule has 0 saturated carbocycles. The van der Waals surface area contributed by atoms with Gasteiger partial charge in [0.05, 0.1) is 23.5 Å². The average Bonchev–Trinajstić information content (AvgIpc) is 3.07. The summed E-state index contributed by atoms with van der Waals surface area (Å²) < 4.78 is 33.4. The van der Waals surface area contributed by atoms with Crippen LogP contribution in [0.5, 0.6) is 0 Å². The number of anilines is 1. The van der Waals surface area contributed by atoms with E-state index in [9.17, 15) is 22.8 Å². The lowest BCUT2D eigenvalue weighted by atomic mass is 10.1. The highest BCUT2D eigenvalue weighted by Crippen LogP contribution is 2.28. The fourth-order valence-electron chi connectivity index (χ4n) is 3.62. The molecule has 1 fully saturated rings. The molecular weight excluding hydrogens is 450 g/mol. The number of methoxy groups -OCH3 is 2. The van der Waals surface area contributed by atoms with Gasteiger partial charge in [-0.2, -0.15) is 0 Å². The third-order valence-electron chi connectivity index (χ3n) is 5.32. The number of carbonyl (C=O) groups is 3. The van der Waals surface area contributed by atoms with E-state index < -0.39 is 40.1 Å². The van der Waals surface area contributed by atoms with Gasteiger partial charge in [-0.3, -0.25) is 14.4 Å². The molecule has 0 bridgehead atoms. The van der Waals surface area contributed by atoms with Crippen LogP contribution in [0.4, 0.5) is 5.69 Å². The molecule has 10 nitrogen and oxygen atoms in total. The van der Waals surface area contributed by atoms with Gasteiger partial charge >= 0.3 is 0 Å². The van der Waals surface area contributed by atoms with Crippen LogP contribution in [-0.2, 0) is 29.1 Å². The normalized spacial score (nSPS) is 16.5. The Labute approximate surface area is 191 Å². The van der Waals surface area contributed by atoms with Crippen LogP contribution < -0.4 is 10.0 Å². The number of nitrogens with two attached hydrogens (primary N) is 1. The van der Waals surface area contributed by atoms with Gasteiger partial charge in [-0.1, -0.05) is 17.7 Å². The molecule has 0 aromatic heterocycles. The van der Waals surface area contributed by atoms with Gasteiger partial charge in [-0.05, 0) is 43.3 Å². The number of hydrogen-bond donors (Lipinski definition) is 1. The van der Waals surface area contributed by atoms with E-state index in [1.807, 2.05) is 13.0 Å². The first-order valence-electron chi connectivity index (χ1n) is 9.99. The summed E-state index contributed by atoms with van der Waals surface area (Å²) in [7, 11) is -1.11. The van der Waals surface area contributed by atoms with Crippen molar-refractivity contribution in [3.8, 4) is 0 Å². The summed E-state index contributed by atoms with van der Waals surface area (Å²) in [4.78, 5) is 41.5. The lowest BCUT2D eigenvalue weighted by Crippen LogP contribution is -2.49.